The first-order chi connectivity index (χ1) is 17.0. The smallest absolute Gasteiger partial charge is 0.201 e. The molecule has 3 aromatic heterocycles. The van der Waals surface area contributed by atoms with E-state index in [1.54, 1.807) is 12.5 Å². The Bertz CT molecular complexity index is 1180. The van der Waals surface area contributed by atoms with Gasteiger partial charge >= 0.3 is 0 Å². The molecule has 1 aliphatic heterocycles. The van der Waals surface area contributed by atoms with Crippen LogP contribution in [0, 0.1) is 0 Å². The summed E-state index contributed by atoms with van der Waals surface area (Å²) in [5.74, 6) is 0.287. The number of nitrogens with two attached hydrogens (primary N) is 1. The van der Waals surface area contributed by atoms with Crippen LogP contribution in [0.4, 0.5) is 10.2 Å². The number of nitrogen functional groups attached to an aromatic ring is 1. The molecule has 0 unspecified atom stereocenters. The second-order valence-electron chi connectivity index (χ2n) is 10.5. The molecule has 198 valence electrons. The molecular formula is C24H38FN7O2SSi. The highest BCUT2D eigenvalue weighted by Gasteiger charge is 2.54. The minimum Gasteiger partial charge on any atom is -0.407 e. The summed E-state index contributed by atoms with van der Waals surface area (Å²) in [4.78, 5) is 12.8. The van der Waals surface area contributed by atoms with E-state index < -0.39 is 26.8 Å². The van der Waals surface area contributed by atoms with Gasteiger partial charge < -0.3 is 19.5 Å². The SMILES string of the molecule is CC[C@H]1O[C@@H](n2nc(Sc3cncn3C)c3c(N)ncnc32)[C@@H](F)[C@@H]1O[Si](C(C)C)(C(C)C)C(C)C. The zero-order valence-electron chi connectivity index (χ0n) is 22.3. The van der Waals surface area contributed by atoms with Crippen molar-refractivity contribution < 1.29 is 13.6 Å². The Morgan fingerprint density at radius 2 is 1.83 bits per heavy atom. The molecule has 0 saturated carbocycles. The van der Waals surface area contributed by atoms with Crippen molar-refractivity contribution in [2.45, 2.75) is 106 Å². The Hall–Kier alpha value is -2.02. The van der Waals surface area contributed by atoms with E-state index in [2.05, 4.69) is 56.5 Å². The van der Waals surface area contributed by atoms with Crippen LogP contribution in [0.1, 0.15) is 61.1 Å². The van der Waals surface area contributed by atoms with E-state index in [-0.39, 0.29) is 11.9 Å². The first-order valence-electron chi connectivity index (χ1n) is 12.6. The van der Waals surface area contributed by atoms with E-state index >= 15 is 4.39 Å². The lowest BCUT2D eigenvalue weighted by molar-refractivity contribution is -0.0298. The van der Waals surface area contributed by atoms with Gasteiger partial charge in [0.05, 0.1) is 24.0 Å². The van der Waals surface area contributed by atoms with Crippen LogP contribution in [-0.2, 0) is 16.2 Å². The van der Waals surface area contributed by atoms with Gasteiger partial charge in [-0.1, -0.05) is 48.5 Å². The van der Waals surface area contributed by atoms with E-state index in [0.717, 1.165) is 5.03 Å². The maximum absolute atomic E-state index is 16.4. The number of fused-ring (bicyclic) bond motifs is 1. The van der Waals surface area contributed by atoms with Crippen molar-refractivity contribution in [1.82, 2.24) is 29.3 Å². The Morgan fingerprint density at radius 1 is 1.17 bits per heavy atom. The summed E-state index contributed by atoms with van der Waals surface area (Å²) in [5, 5.41) is 6.77. The fraction of sp³-hybridized carbons (Fsp3) is 0.667. The van der Waals surface area contributed by atoms with Crippen LogP contribution < -0.4 is 5.73 Å². The average molecular weight is 536 g/mol. The molecule has 4 heterocycles. The minimum atomic E-state index is -2.34. The van der Waals surface area contributed by atoms with Gasteiger partial charge in [0, 0.05) is 7.05 Å². The Balaban J connectivity index is 1.75. The van der Waals surface area contributed by atoms with E-state index in [1.165, 1.54) is 22.8 Å². The summed E-state index contributed by atoms with van der Waals surface area (Å²) in [6, 6.07) is 0. The number of aromatic nitrogens is 6. The lowest BCUT2D eigenvalue weighted by Crippen LogP contribution is -2.53. The van der Waals surface area contributed by atoms with Crippen molar-refractivity contribution in [2.24, 2.45) is 7.05 Å². The second kappa shape index (κ2) is 10.4. The molecule has 4 rings (SSSR count). The van der Waals surface area contributed by atoms with E-state index in [0.29, 0.717) is 39.1 Å². The molecule has 0 radical (unpaired) electrons. The molecule has 4 atom stereocenters. The summed E-state index contributed by atoms with van der Waals surface area (Å²) >= 11 is 1.38. The monoisotopic (exact) mass is 535 g/mol. The van der Waals surface area contributed by atoms with Crippen LogP contribution >= 0.6 is 11.8 Å². The molecule has 12 heteroatoms. The first-order valence-corrected chi connectivity index (χ1v) is 15.6. The number of hydrogen-bond acceptors (Lipinski definition) is 8. The van der Waals surface area contributed by atoms with Gasteiger partial charge in [0.15, 0.2) is 18.0 Å². The number of aryl methyl sites for hydroxylation is 1. The van der Waals surface area contributed by atoms with Crippen LogP contribution in [0.2, 0.25) is 16.6 Å². The van der Waals surface area contributed by atoms with Gasteiger partial charge in [-0.25, -0.2) is 24.0 Å². The quantitative estimate of drug-likeness (QED) is 0.358. The third-order valence-electron chi connectivity index (χ3n) is 7.42. The van der Waals surface area contributed by atoms with Crippen molar-refractivity contribution >= 4 is 36.9 Å². The third kappa shape index (κ3) is 4.46. The van der Waals surface area contributed by atoms with Crippen molar-refractivity contribution in [2.75, 3.05) is 5.73 Å². The number of hydrogen-bond donors (Lipinski definition) is 1. The van der Waals surface area contributed by atoms with E-state index in [1.807, 2.05) is 18.5 Å². The molecular weight excluding hydrogens is 497 g/mol. The average Bonchev–Trinajstić information content (AvgIpc) is 3.48. The summed E-state index contributed by atoms with van der Waals surface area (Å²) in [6.07, 6.45) is 2.00. The zero-order valence-corrected chi connectivity index (χ0v) is 24.2. The van der Waals surface area contributed by atoms with Gasteiger partial charge in [-0.15, -0.1) is 0 Å². The number of imidazole rings is 1. The van der Waals surface area contributed by atoms with Gasteiger partial charge in [0.2, 0.25) is 8.32 Å². The molecule has 3 aromatic rings. The number of rotatable bonds is 9. The van der Waals surface area contributed by atoms with Crippen molar-refractivity contribution in [1.29, 1.82) is 0 Å². The number of nitrogens with zero attached hydrogens (tertiary/aromatic N) is 6. The highest BCUT2D eigenvalue weighted by atomic mass is 32.2. The van der Waals surface area contributed by atoms with Crippen LogP contribution in [-0.4, -0.2) is 56.0 Å². The molecule has 0 aliphatic carbocycles. The molecule has 0 amide bonds. The standard InChI is InChI=1S/C24H38FN7O2SSi/c1-9-16-20(34-36(13(2)3,14(4)5)15(6)7)19(25)24(33-16)32-22-18(21(26)28-11-29-22)23(30-32)35-17-10-27-12-31(17)8/h10-16,19-20,24H,9H2,1-8H3,(H2,26,28,29)/t16-,19+,20-,24-/m1/s1. The van der Waals surface area contributed by atoms with Gasteiger partial charge in [-0.2, -0.15) is 5.10 Å². The lowest BCUT2D eigenvalue weighted by atomic mass is 10.1. The highest BCUT2D eigenvalue weighted by Crippen LogP contribution is 2.47. The molecule has 0 aromatic carbocycles. The molecule has 36 heavy (non-hydrogen) atoms. The molecule has 1 aliphatic rings. The number of alkyl halides is 1. The predicted molar refractivity (Wildman–Crippen MR) is 142 cm³/mol. The van der Waals surface area contributed by atoms with E-state index in [4.69, 9.17) is 20.0 Å². The summed E-state index contributed by atoms with van der Waals surface area (Å²) in [5.41, 5.74) is 7.68. The van der Waals surface area contributed by atoms with Gasteiger partial charge in [-0.05, 0) is 34.8 Å². The van der Waals surface area contributed by atoms with Gasteiger partial charge in [0.25, 0.3) is 0 Å². The molecule has 1 fully saturated rings. The van der Waals surface area contributed by atoms with Crippen LogP contribution in [0.5, 0.6) is 0 Å². The molecule has 9 nitrogen and oxygen atoms in total. The molecule has 2 N–H and O–H groups in total. The second-order valence-corrected chi connectivity index (χ2v) is 16.9. The van der Waals surface area contributed by atoms with E-state index in [9.17, 15) is 0 Å². The molecule has 0 bridgehead atoms. The summed E-state index contributed by atoms with van der Waals surface area (Å²) in [7, 11) is -0.442. The Kier molecular flexibility index (Phi) is 7.80. The van der Waals surface area contributed by atoms with Crippen molar-refractivity contribution in [3.63, 3.8) is 0 Å². The predicted octanol–water partition coefficient (Wildman–Crippen LogP) is 5.50. The highest BCUT2D eigenvalue weighted by molar-refractivity contribution is 7.99. The maximum Gasteiger partial charge on any atom is 0.201 e. The third-order valence-corrected chi connectivity index (χ3v) is 14.6. The summed E-state index contributed by atoms with van der Waals surface area (Å²) < 4.78 is 33.0. The maximum atomic E-state index is 16.4. The van der Waals surface area contributed by atoms with Gasteiger partial charge in [-0.3, -0.25) is 0 Å². The van der Waals surface area contributed by atoms with Crippen LogP contribution in [0.25, 0.3) is 11.0 Å². The zero-order chi connectivity index (χ0) is 26.4. The van der Waals surface area contributed by atoms with Gasteiger partial charge in [0.1, 0.15) is 28.3 Å². The van der Waals surface area contributed by atoms with Crippen LogP contribution in [0.15, 0.2) is 28.9 Å². The van der Waals surface area contributed by atoms with Crippen LogP contribution in [0.3, 0.4) is 0 Å². The Labute approximate surface area is 217 Å². The largest absolute Gasteiger partial charge is 0.407 e. The first kappa shape index (κ1) is 27.0. The molecule has 1 saturated heterocycles. The Morgan fingerprint density at radius 3 is 2.39 bits per heavy atom. The number of anilines is 1. The van der Waals surface area contributed by atoms with Crippen molar-refractivity contribution in [3.05, 3.63) is 18.9 Å². The fourth-order valence-corrected chi connectivity index (χ4v) is 12.3. The topological polar surface area (TPSA) is 106 Å². The van der Waals surface area contributed by atoms with Crippen molar-refractivity contribution in [3.8, 4) is 0 Å². The molecule has 0 spiro atoms. The summed E-state index contributed by atoms with van der Waals surface area (Å²) in [6.45, 7) is 15.2. The minimum absolute atomic E-state index is 0.287. The number of ether oxygens (including phenoxy) is 1. The normalized spacial score (nSPS) is 23.1. The lowest BCUT2D eigenvalue weighted by Gasteiger charge is -2.44. The fourth-order valence-electron chi connectivity index (χ4n) is 5.76. The number of halogens is 1.